The SMILES string of the molecule is O=C(NCC1COCCO1)C1CC2CCCCC2N1. The molecule has 4 unspecified atom stereocenters. The predicted molar refractivity (Wildman–Crippen MR) is 70.9 cm³/mol. The lowest BCUT2D eigenvalue weighted by Crippen LogP contribution is -2.47. The molecule has 3 aliphatic rings. The molecule has 0 aromatic carbocycles. The van der Waals surface area contributed by atoms with Crippen LogP contribution in [0.2, 0.25) is 0 Å². The molecule has 2 saturated heterocycles. The lowest BCUT2D eigenvalue weighted by atomic mass is 9.85. The summed E-state index contributed by atoms with van der Waals surface area (Å²) < 4.78 is 10.9. The van der Waals surface area contributed by atoms with Gasteiger partial charge < -0.3 is 20.1 Å². The predicted octanol–water partition coefficient (Wildman–Crippen LogP) is 0.439. The van der Waals surface area contributed by atoms with Crippen LogP contribution in [0.5, 0.6) is 0 Å². The third-order valence-corrected chi connectivity index (χ3v) is 4.57. The van der Waals surface area contributed by atoms with E-state index in [4.69, 9.17) is 9.47 Å². The third kappa shape index (κ3) is 3.27. The molecule has 5 nitrogen and oxygen atoms in total. The van der Waals surface area contributed by atoms with Crippen molar-refractivity contribution in [2.75, 3.05) is 26.4 Å². The summed E-state index contributed by atoms with van der Waals surface area (Å²) in [5.74, 6) is 0.835. The van der Waals surface area contributed by atoms with Gasteiger partial charge in [0.25, 0.3) is 0 Å². The maximum Gasteiger partial charge on any atom is 0.237 e. The number of amides is 1. The fourth-order valence-electron chi connectivity index (χ4n) is 3.51. The molecule has 4 atom stereocenters. The summed E-state index contributed by atoms with van der Waals surface area (Å²) in [5, 5.41) is 6.49. The minimum absolute atomic E-state index is 0.00221. The van der Waals surface area contributed by atoms with Crippen LogP contribution in [0, 0.1) is 5.92 Å². The summed E-state index contributed by atoms with van der Waals surface area (Å²) in [7, 11) is 0. The molecule has 3 fully saturated rings. The van der Waals surface area contributed by atoms with Crippen molar-refractivity contribution in [2.45, 2.75) is 50.3 Å². The number of hydrogen-bond donors (Lipinski definition) is 2. The molecule has 0 bridgehead atoms. The number of fused-ring (bicyclic) bond motifs is 1. The van der Waals surface area contributed by atoms with Crippen molar-refractivity contribution < 1.29 is 14.3 Å². The minimum Gasteiger partial charge on any atom is -0.376 e. The van der Waals surface area contributed by atoms with Crippen molar-refractivity contribution in [3.05, 3.63) is 0 Å². The van der Waals surface area contributed by atoms with Gasteiger partial charge in [-0.15, -0.1) is 0 Å². The topological polar surface area (TPSA) is 59.6 Å². The normalized spacial score (nSPS) is 38.7. The second kappa shape index (κ2) is 6.20. The highest BCUT2D eigenvalue weighted by molar-refractivity contribution is 5.82. The molecule has 1 saturated carbocycles. The van der Waals surface area contributed by atoms with E-state index in [0.29, 0.717) is 38.3 Å². The quantitative estimate of drug-likeness (QED) is 0.780. The molecule has 2 N–H and O–H groups in total. The molecule has 0 spiro atoms. The Labute approximate surface area is 114 Å². The smallest absolute Gasteiger partial charge is 0.237 e. The summed E-state index contributed by atoms with van der Waals surface area (Å²) >= 11 is 0. The Kier molecular flexibility index (Phi) is 4.35. The molecule has 0 aromatic heterocycles. The molecule has 2 heterocycles. The van der Waals surface area contributed by atoms with Gasteiger partial charge in [-0.3, -0.25) is 4.79 Å². The number of nitrogens with one attached hydrogen (secondary N) is 2. The summed E-state index contributed by atoms with van der Waals surface area (Å²) in [5.41, 5.74) is 0. The zero-order valence-electron chi connectivity index (χ0n) is 11.4. The Morgan fingerprint density at radius 2 is 2.16 bits per heavy atom. The summed E-state index contributed by atoms with van der Waals surface area (Å²) in [6, 6.07) is 0.566. The first kappa shape index (κ1) is 13.3. The minimum atomic E-state index is -0.00221. The van der Waals surface area contributed by atoms with Crippen LogP contribution in [0.3, 0.4) is 0 Å². The molecule has 0 radical (unpaired) electrons. The Balaban J connectivity index is 1.43. The van der Waals surface area contributed by atoms with Gasteiger partial charge in [-0.1, -0.05) is 12.8 Å². The van der Waals surface area contributed by atoms with Crippen molar-refractivity contribution in [2.24, 2.45) is 5.92 Å². The summed E-state index contributed by atoms with van der Waals surface area (Å²) in [6.07, 6.45) is 6.15. The fourth-order valence-corrected chi connectivity index (χ4v) is 3.51. The highest BCUT2D eigenvalue weighted by Gasteiger charge is 2.38. The summed E-state index contributed by atoms with van der Waals surface area (Å²) in [6.45, 7) is 2.44. The van der Waals surface area contributed by atoms with Crippen LogP contribution in [0.4, 0.5) is 0 Å². The Hall–Kier alpha value is -0.650. The van der Waals surface area contributed by atoms with Crippen molar-refractivity contribution in [1.82, 2.24) is 10.6 Å². The molecule has 0 aromatic rings. The van der Waals surface area contributed by atoms with E-state index in [1.54, 1.807) is 0 Å². The van der Waals surface area contributed by atoms with Crippen LogP contribution >= 0.6 is 0 Å². The van der Waals surface area contributed by atoms with Gasteiger partial charge in [-0.25, -0.2) is 0 Å². The maximum absolute atomic E-state index is 12.2. The lowest BCUT2D eigenvalue weighted by molar-refractivity contribution is -0.125. The maximum atomic E-state index is 12.2. The zero-order valence-corrected chi connectivity index (χ0v) is 11.4. The second-order valence-electron chi connectivity index (χ2n) is 5.92. The van der Waals surface area contributed by atoms with Crippen LogP contribution < -0.4 is 10.6 Å². The highest BCUT2D eigenvalue weighted by atomic mass is 16.6. The number of ether oxygens (including phenoxy) is 2. The van der Waals surface area contributed by atoms with Crippen molar-refractivity contribution in [1.29, 1.82) is 0 Å². The summed E-state index contributed by atoms with van der Waals surface area (Å²) in [4.78, 5) is 12.2. The van der Waals surface area contributed by atoms with Crippen molar-refractivity contribution >= 4 is 5.91 Å². The average Bonchev–Trinajstić information content (AvgIpc) is 2.90. The van der Waals surface area contributed by atoms with Gasteiger partial charge >= 0.3 is 0 Å². The Morgan fingerprint density at radius 1 is 1.26 bits per heavy atom. The molecular weight excluding hydrogens is 244 g/mol. The molecule has 1 amide bonds. The first-order valence-electron chi connectivity index (χ1n) is 7.56. The molecule has 19 heavy (non-hydrogen) atoms. The van der Waals surface area contributed by atoms with Gasteiger partial charge in [0.05, 0.1) is 32.0 Å². The number of rotatable bonds is 3. The molecule has 1 aliphatic carbocycles. The van der Waals surface area contributed by atoms with Gasteiger partial charge in [-0.05, 0) is 25.2 Å². The van der Waals surface area contributed by atoms with Crippen molar-refractivity contribution in [3.8, 4) is 0 Å². The van der Waals surface area contributed by atoms with E-state index in [2.05, 4.69) is 10.6 Å². The third-order valence-electron chi connectivity index (χ3n) is 4.57. The Morgan fingerprint density at radius 3 is 2.95 bits per heavy atom. The van der Waals surface area contributed by atoms with E-state index in [9.17, 15) is 4.79 Å². The van der Waals surface area contributed by atoms with E-state index in [1.807, 2.05) is 0 Å². The van der Waals surface area contributed by atoms with Crippen LogP contribution in [0.25, 0.3) is 0 Å². The monoisotopic (exact) mass is 268 g/mol. The van der Waals surface area contributed by atoms with E-state index >= 15 is 0 Å². The first-order valence-corrected chi connectivity index (χ1v) is 7.56. The Bertz CT molecular complexity index is 304. The van der Waals surface area contributed by atoms with E-state index in [1.165, 1.54) is 25.7 Å². The van der Waals surface area contributed by atoms with Crippen LogP contribution in [0.15, 0.2) is 0 Å². The molecular formula is C14H24N2O3. The van der Waals surface area contributed by atoms with Gasteiger partial charge in [0.1, 0.15) is 0 Å². The molecule has 5 heteroatoms. The van der Waals surface area contributed by atoms with E-state index in [-0.39, 0.29) is 18.1 Å². The highest BCUT2D eigenvalue weighted by Crippen LogP contribution is 2.33. The average molecular weight is 268 g/mol. The van der Waals surface area contributed by atoms with Crippen LogP contribution in [-0.4, -0.2) is 50.5 Å². The van der Waals surface area contributed by atoms with Gasteiger partial charge in [0, 0.05) is 12.6 Å². The number of carbonyl (C=O) groups is 1. The van der Waals surface area contributed by atoms with Crippen molar-refractivity contribution in [3.63, 3.8) is 0 Å². The van der Waals surface area contributed by atoms with Crippen LogP contribution in [0.1, 0.15) is 32.1 Å². The van der Waals surface area contributed by atoms with Gasteiger partial charge in [0.15, 0.2) is 0 Å². The first-order chi connectivity index (χ1) is 9.33. The van der Waals surface area contributed by atoms with Gasteiger partial charge in [-0.2, -0.15) is 0 Å². The van der Waals surface area contributed by atoms with Crippen LogP contribution in [-0.2, 0) is 14.3 Å². The zero-order chi connectivity index (χ0) is 13.1. The van der Waals surface area contributed by atoms with E-state index in [0.717, 1.165) is 6.42 Å². The number of carbonyl (C=O) groups excluding carboxylic acids is 1. The largest absolute Gasteiger partial charge is 0.376 e. The molecule has 3 rings (SSSR count). The van der Waals surface area contributed by atoms with Gasteiger partial charge in [0.2, 0.25) is 5.91 Å². The molecule has 108 valence electrons. The van der Waals surface area contributed by atoms with E-state index < -0.39 is 0 Å². The molecule has 2 aliphatic heterocycles. The lowest BCUT2D eigenvalue weighted by Gasteiger charge is -2.24. The standard InChI is InChI=1S/C14H24N2O3/c17-14(15-8-11-9-18-5-6-19-11)13-7-10-3-1-2-4-12(10)16-13/h10-13,16H,1-9H2,(H,15,17). The second-order valence-corrected chi connectivity index (χ2v) is 5.92. The number of hydrogen-bond acceptors (Lipinski definition) is 4. The fraction of sp³-hybridized carbons (Fsp3) is 0.929.